The SMILES string of the molecule is CCOc1ccc(-c2nc(C)c(C(=O)N3CCN(S(=O)(=O)/C=C/c4ccccc4)CC3)s2)cc1. The van der Waals surface area contributed by atoms with Crippen LogP contribution in [0.1, 0.15) is 27.9 Å². The van der Waals surface area contributed by atoms with Gasteiger partial charge in [-0.2, -0.15) is 4.31 Å². The van der Waals surface area contributed by atoms with Crippen LogP contribution in [0.2, 0.25) is 0 Å². The van der Waals surface area contributed by atoms with E-state index in [4.69, 9.17) is 4.74 Å². The van der Waals surface area contributed by atoms with Crippen molar-refractivity contribution in [3.8, 4) is 16.3 Å². The zero-order valence-electron chi connectivity index (χ0n) is 19.2. The first-order valence-electron chi connectivity index (χ1n) is 11.1. The number of aryl methyl sites for hydroxylation is 1. The van der Waals surface area contributed by atoms with E-state index in [-0.39, 0.29) is 19.0 Å². The topological polar surface area (TPSA) is 79.8 Å². The van der Waals surface area contributed by atoms with Crippen LogP contribution < -0.4 is 4.74 Å². The lowest BCUT2D eigenvalue weighted by atomic mass is 10.2. The molecule has 0 unspecified atom stereocenters. The van der Waals surface area contributed by atoms with Crippen LogP contribution in [-0.4, -0.2) is 61.3 Å². The number of piperazine rings is 1. The number of ether oxygens (including phenoxy) is 1. The zero-order chi connectivity index (χ0) is 24.1. The summed E-state index contributed by atoms with van der Waals surface area (Å²) in [6.45, 7) is 5.57. The van der Waals surface area contributed by atoms with Crippen LogP contribution in [0.25, 0.3) is 16.6 Å². The summed E-state index contributed by atoms with van der Waals surface area (Å²) in [5.74, 6) is 0.686. The molecule has 1 amide bonds. The number of sulfonamides is 1. The second-order valence-electron chi connectivity index (χ2n) is 7.84. The van der Waals surface area contributed by atoms with Crippen molar-refractivity contribution in [2.75, 3.05) is 32.8 Å². The third-order valence-electron chi connectivity index (χ3n) is 5.52. The van der Waals surface area contributed by atoms with E-state index in [1.165, 1.54) is 21.1 Å². The van der Waals surface area contributed by atoms with Gasteiger partial charge in [0.15, 0.2) is 0 Å². The Hall–Kier alpha value is -3.01. The van der Waals surface area contributed by atoms with E-state index in [0.29, 0.717) is 30.3 Å². The van der Waals surface area contributed by atoms with E-state index in [2.05, 4.69) is 4.98 Å². The van der Waals surface area contributed by atoms with Gasteiger partial charge in [-0.3, -0.25) is 4.79 Å². The molecule has 0 N–H and O–H groups in total. The molecule has 2 heterocycles. The van der Waals surface area contributed by atoms with Crippen molar-refractivity contribution in [1.82, 2.24) is 14.2 Å². The quantitative estimate of drug-likeness (QED) is 0.487. The highest BCUT2D eigenvalue weighted by Gasteiger charge is 2.29. The minimum Gasteiger partial charge on any atom is -0.494 e. The van der Waals surface area contributed by atoms with Crippen LogP contribution in [0.4, 0.5) is 0 Å². The molecule has 1 aliphatic rings. The molecule has 0 aliphatic carbocycles. The van der Waals surface area contributed by atoms with Crippen LogP contribution in [0.5, 0.6) is 5.75 Å². The van der Waals surface area contributed by atoms with E-state index in [1.54, 1.807) is 11.0 Å². The fourth-order valence-electron chi connectivity index (χ4n) is 3.68. The Morgan fingerprint density at radius 1 is 1.06 bits per heavy atom. The molecule has 7 nitrogen and oxygen atoms in total. The van der Waals surface area contributed by atoms with Gasteiger partial charge >= 0.3 is 0 Å². The first-order valence-corrected chi connectivity index (χ1v) is 13.4. The summed E-state index contributed by atoms with van der Waals surface area (Å²) in [6.07, 6.45) is 1.59. The Bertz CT molecular complexity index is 1260. The lowest BCUT2D eigenvalue weighted by molar-refractivity contribution is 0.0702. The molecule has 1 aliphatic heterocycles. The minimum absolute atomic E-state index is 0.107. The van der Waals surface area contributed by atoms with Crippen LogP contribution >= 0.6 is 11.3 Å². The summed E-state index contributed by atoms with van der Waals surface area (Å²) in [6, 6.07) is 17.0. The van der Waals surface area contributed by atoms with Crippen molar-refractivity contribution in [1.29, 1.82) is 0 Å². The molecule has 0 bridgehead atoms. The van der Waals surface area contributed by atoms with Gasteiger partial charge in [-0.05, 0) is 49.8 Å². The lowest BCUT2D eigenvalue weighted by Gasteiger charge is -2.33. The van der Waals surface area contributed by atoms with Gasteiger partial charge in [-0.1, -0.05) is 30.3 Å². The number of carbonyl (C=O) groups is 1. The molecule has 0 spiro atoms. The van der Waals surface area contributed by atoms with Crippen molar-refractivity contribution < 1.29 is 17.9 Å². The lowest BCUT2D eigenvalue weighted by Crippen LogP contribution is -2.50. The van der Waals surface area contributed by atoms with Gasteiger partial charge in [0.05, 0.1) is 12.3 Å². The molecular formula is C25H27N3O4S2. The molecular weight excluding hydrogens is 470 g/mol. The van der Waals surface area contributed by atoms with E-state index in [9.17, 15) is 13.2 Å². The Morgan fingerprint density at radius 3 is 2.38 bits per heavy atom. The fourth-order valence-corrected chi connectivity index (χ4v) is 5.90. The maximum Gasteiger partial charge on any atom is 0.265 e. The number of hydrogen-bond acceptors (Lipinski definition) is 6. The van der Waals surface area contributed by atoms with E-state index < -0.39 is 10.0 Å². The van der Waals surface area contributed by atoms with Crippen LogP contribution in [0.15, 0.2) is 60.0 Å². The molecule has 178 valence electrons. The van der Waals surface area contributed by atoms with E-state index >= 15 is 0 Å². The maximum absolute atomic E-state index is 13.2. The number of rotatable bonds is 7. The minimum atomic E-state index is -3.55. The second kappa shape index (κ2) is 10.5. The molecule has 9 heteroatoms. The number of hydrogen-bond donors (Lipinski definition) is 0. The number of carbonyl (C=O) groups excluding carboxylic acids is 1. The smallest absolute Gasteiger partial charge is 0.265 e. The Morgan fingerprint density at radius 2 is 1.74 bits per heavy atom. The molecule has 34 heavy (non-hydrogen) atoms. The summed E-state index contributed by atoms with van der Waals surface area (Å²) in [5, 5.41) is 2.01. The number of amides is 1. The van der Waals surface area contributed by atoms with E-state index in [1.807, 2.05) is 68.4 Å². The first kappa shape index (κ1) is 24.1. The Kier molecular flexibility index (Phi) is 7.45. The van der Waals surface area contributed by atoms with E-state index in [0.717, 1.165) is 21.9 Å². The summed E-state index contributed by atoms with van der Waals surface area (Å²) in [4.78, 5) is 20.1. The molecule has 1 aromatic heterocycles. The second-order valence-corrected chi connectivity index (χ2v) is 10.7. The average molecular weight is 498 g/mol. The van der Waals surface area contributed by atoms with Crippen molar-refractivity contribution in [3.63, 3.8) is 0 Å². The monoisotopic (exact) mass is 497 g/mol. The third-order valence-corrected chi connectivity index (χ3v) is 8.28. The van der Waals surface area contributed by atoms with Crippen LogP contribution in [0.3, 0.4) is 0 Å². The van der Waals surface area contributed by atoms with Gasteiger partial charge in [0, 0.05) is 37.2 Å². The Balaban J connectivity index is 1.40. The van der Waals surface area contributed by atoms with Crippen molar-refractivity contribution in [2.45, 2.75) is 13.8 Å². The first-order chi connectivity index (χ1) is 16.4. The zero-order valence-corrected chi connectivity index (χ0v) is 20.8. The molecule has 1 saturated heterocycles. The van der Waals surface area contributed by atoms with Gasteiger partial charge in [-0.25, -0.2) is 13.4 Å². The summed E-state index contributed by atoms with van der Waals surface area (Å²) >= 11 is 1.36. The molecule has 1 fully saturated rings. The molecule has 4 rings (SSSR count). The summed E-state index contributed by atoms with van der Waals surface area (Å²) < 4.78 is 32.3. The van der Waals surface area contributed by atoms with Gasteiger partial charge in [0.1, 0.15) is 15.6 Å². The van der Waals surface area contributed by atoms with Gasteiger partial charge in [0.2, 0.25) is 10.0 Å². The molecule has 0 saturated carbocycles. The fraction of sp³-hybridized carbons (Fsp3) is 0.280. The maximum atomic E-state index is 13.2. The highest BCUT2D eigenvalue weighted by molar-refractivity contribution is 7.92. The standard InChI is InChI=1S/C25H27N3O4S2/c1-3-32-22-11-9-21(10-12-22)24-26-19(2)23(33-24)25(29)27-14-16-28(17-15-27)34(30,31)18-13-20-7-5-4-6-8-20/h4-13,18H,3,14-17H2,1-2H3/b18-13+. The highest BCUT2D eigenvalue weighted by atomic mass is 32.2. The predicted molar refractivity (Wildman–Crippen MR) is 135 cm³/mol. The number of aromatic nitrogens is 1. The molecule has 2 aromatic carbocycles. The van der Waals surface area contributed by atoms with Gasteiger partial charge < -0.3 is 9.64 Å². The Labute approximate surface area is 204 Å². The van der Waals surface area contributed by atoms with Crippen molar-refractivity contribution in [2.24, 2.45) is 0 Å². The normalized spacial score (nSPS) is 15.1. The highest BCUT2D eigenvalue weighted by Crippen LogP contribution is 2.30. The van der Waals surface area contributed by atoms with Crippen molar-refractivity contribution >= 4 is 33.3 Å². The summed E-state index contributed by atoms with van der Waals surface area (Å²) in [7, 11) is -3.55. The number of thiazole rings is 1. The predicted octanol–water partition coefficient (Wildman–Crippen LogP) is 4.28. The van der Waals surface area contributed by atoms with Crippen LogP contribution in [0, 0.1) is 6.92 Å². The van der Waals surface area contributed by atoms with Gasteiger partial charge in [0.25, 0.3) is 5.91 Å². The molecule has 3 aromatic rings. The van der Waals surface area contributed by atoms with Crippen molar-refractivity contribution in [3.05, 3.63) is 76.1 Å². The third kappa shape index (κ3) is 5.55. The molecule has 0 atom stereocenters. The number of nitrogens with zero attached hydrogens (tertiary/aromatic N) is 3. The van der Waals surface area contributed by atoms with Gasteiger partial charge in [-0.15, -0.1) is 11.3 Å². The largest absolute Gasteiger partial charge is 0.494 e. The average Bonchev–Trinajstić information content (AvgIpc) is 3.25. The number of benzene rings is 2. The summed E-state index contributed by atoms with van der Waals surface area (Å²) in [5.41, 5.74) is 2.43. The molecule has 0 radical (unpaired) electrons. The van der Waals surface area contributed by atoms with Crippen LogP contribution in [-0.2, 0) is 10.0 Å².